The molecule has 3 rings (SSSR count). The van der Waals surface area contributed by atoms with Crippen molar-refractivity contribution in [1.82, 2.24) is 9.97 Å². The van der Waals surface area contributed by atoms with E-state index in [-0.39, 0.29) is 0 Å². The quantitative estimate of drug-likeness (QED) is 0.228. The van der Waals surface area contributed by atoms with Crippen LogP contribution in [0.3, 0.4) is 0 Å². The van der Waals surface area contributed by atoms with Crippen molar-refractivity contribution < 1.29 is 9.84 Å². The van der Waals surface area contributed by atoms with Gasteiger partial charge in [0.2, 0.25) is 0 Å². The van der Waals surface area contributed by atoms with Gasteiger partial charge in [0.25, 0.3) is 0 Å². The summed E-state index contributed by atoms with van der Waals surface area (Å²) in [5.41, 5.74) is 5.15. The Morgan fingerprint density at radius 2 is 1.67 bits per heavy atom. The Kier molecular flexibility index (Phi) is 11.1. The van der Waals surface area contributed by atoms with Gasteiger partial charge in [-0.1, -0.05) is 58.3 Å². The molecule has 0 atom stereocenters. The van der Waals surface area contributed by atoms with E-state index in [0.717, 1.165) is 47.8 Å². The third kappa shape index (κ3) is 8.73. The second kappa shape index (κ2) is 14.6. The number of allylic oxidation sites excluding steroid dienone is 1. The summed E-state index contributed by atoms with van der Waals surface area (Å²) in [7, 11) is 0. The summed E-state index contributed by atoms with van der Waals surface area (Å²) in [6.45, 7) is 3.15. The van der Waals surface area contributed by atoms with Crippen molar-refractivity contribution in [2.24, 2.45) is 4.99 Å². The fourth-order valence-electron chi connectivity index (χ4n) is 4.15. The SMILES string of the molecule is CCCOC1=CC(c2ccc[nH]2)=NC1=Cc1ccc(CCCCCCCCCCCCO)[nH]1. The molecule has 3 N–H and O–H groups in total. The number of rotatable bonds is 17. The maximum Gasteiger partial charge on any atom is 0.147 e. The highest BCUT2D eigenvalue weighted by Crippen LogP contribution is 2.25. The highest BCUT2D eigenvalue weighted by atomic mass is 16.5. The van der Waals surface area contributed by atoms with Crippen molar-refractivity contribution in [3.63, 3.8) is 0 Å². The third-order valence-electron chi connectivity index (χ3n) is 6.01. The van der Waals surface area contributed by atoms with Gasteiger partial charge in [0.1, 0.15) is 11.5 Å². The van der Waals surface area contributed by atoms with Gasteiger partial charge < -0.3 is 19.8 Å². The van der Waals surface area contributed by atoms with Crippen LogP contribution in [0.4, 0.5) is 0 Å². The van der Waals surface area contributed by atoms with Crippen LogP contribution in [-0.4, -0.2) is 34.0 Å². The lowest BCUT2D eigenvalue weighted by atomic mass is 10.1. The van der Waals surface area contributed by atoms with Crippen LogP contribution >= 0.6 is 0 Å². The molecule has 0 spiro atoms. The summed E-state index contributed by atoms with van der Waals surface area (Å²) in [6.07, 6.45) is 20.7. The number of nitrogens with one attached hydrogen (secondary N) is 2. The summed E-state index contributed by atoms with van der Waals surface area (Å²) in [5.74, 6) is 0.839. The van der Waals surface area contributed by atoms with Crippen LogP contribution in [0.2, 0.25) is 0 Å². The molecular formula is C28H41N3O2. The van der Waals surface area contributed by atoms with Crippen LogP contribution < -0.4 is 0 Å². The fraction of sp³-hybridized carbons (Fsp3) is 0.536. The van der Waals surface area contributed by atoms with Gasteiger partial charge >= 0.3 is 0 Å². The van der Waals surface area contributed by atoms with Gasteiger partial charge in [0, 0.05) is 30.3 Å². The number of ether oxygens (including phenoxy) is 1. The number of aromatic amines is 2. The molecule has 5 nitrogen and oxygen atoms in total. The Labute approximate surface area is 199 Å². The first-order valence-electron chi connectivity index (χ1n) is 12.9. The minimum Gasteiger partial charge on any atom is -0.491 e. The number of hydrogen-bond donors (Lipinski definition) is 3. The number of unbranched alkanes of at least 4 members (excludes halogenated alkanes) is 9. The van der Waals surface area contributed by atoms with Gasteiger partial charge in [-0.25, -0.2) is 4.99 Å². The van der Waals surface area contributed by atoms with E-state index in [4.69, 9.17) is 14.8 Å². The zero-order valence-corrected chi connectivity index (χ0v) is 20.2. The molecule has 2 aromatic rings. The van der Waals surface area contributed by atoms with Crippen LogP contribution in [-0.2, 0) is 11.2 Å². The highest BCUT2D eigenvalue weighted by Gasteiger charge is 2.18. The van der Waals surface area contributed by atoms with Crippen molar-refractivity contribution in [2.45, 2.75) is 84.0 Å². The average molecular weight is 452 g/mol. The first-order chi connectivity index (χ1) is 16.3. The van der Waals surface area contributed by atoms with E-state index in [2.05, 4.69) is 35.1 Å². The fourth-order valence-corrected chi connectivity index (χ4v) is 4.15. The molecule has 0 unspecified atom stereocenters. The predicted octanol–water partition coefficient (Wildman–Crippen LogP) is 6.93. The molecule has 5 heteroatoms. The standard InChI is InChI=1S/C28H41N3O2/c1-2-20-33-28-22-26(25-15-13-18-29-25)31-27(28)21-24-17-16-23(30-24)14-11-9-7-5-3-4-6-8-10-12-19-32/h13,15-18,21-22,29-30,32H,2-12,14,19-20H2,1H3. The Balaban J connectivity index is 1.40. The third-order valence-corrected chi connectivity index (χ3v) is 6.01. The van der Waals surface area contributed by atoms with Crippen molar-refractivity contribution >= 4 is 11.8 Å². The van der Waals surface area contributed by atoms with Crippen LogP contribution in [0, 0.1) is 0 Å². The molecule has 0 radical (unpaired) electrons. The lowest BCUT2D eigenvalue weighted by Gasteiger charge is -2.05. The molecule has 33 heavy (non-hydrogen) atoms. The molecule has 3 heterocycles. The van der Waals surface area contributed by atoms with Gasteiger partial charge in [0.15, 0.2) is 0 Å². The van der Waals surface area contributed by atoms with Crippen LogP contribution in [0.1, 0.15) is 94.6 Å². The summed E-state index contributed by atoms with van der Waals surface area (Å²) < 4.78 is 5.96. The molecule has 0 fully saturated rings. The molecule has 2 aromatic heterocycles. The smallest absolute Gasteiger partial charge is 0.147 e. The summed E-state index contributed by atoms with van der Waals surface area (Å²) in [4.78, 5) is 11.6. The summed E-state index contributed by atoms with van der Waals surface area (Å²) in [6, 6.07) is 8.35. The summed E-state index contributed by atoms with van der Waals surface area (Å²) in [5, 5.41) is 8.80. The molecule has 1 aliphatic heterocycles. The molecule has 0 saturated heterocycles. The number of aryl methyl sites for hydroxylation is 1. The number of aliphatic imine (C=N–C) groups is 1. The van der Waals surface area contributed by atoms with E-state index < -0.39 is 0 Å². The highest BCUT2D eigenvalue weighted by molar-refractivity contribution is 6.11. The van der Waals surface area contributed by atoms with E-state index in [9.17, 15) is 0 Å². The number of H-pyrrole nitrogens is 2. The van der Waals surface area contributed by atoms with Gasteiger partial charge in [-0.3, -0.25) is 0 Å². The first kappa shape index (κ1) is 25.1. The zero-order valence-electron chi connectivity index (χ0n) is 20.2. The van der Waals surface area contributed by atoms with E-state index in [1.54, 1.807) is 0 Å². The molecule has 0 aliphatic carbocycles. The van der Waals surface area contributed by atoms with Crippen LogP contribution in [0.25, 0.3) is 6.08 Å². The number of aliphatic hydroxyl groups is 1. The normalized spacial score (nSPS) is 14.7. The maximum atomic E-state index is 8.80. The van der Waals surface area contributed by atoms with Crippen molar-refractivity contribution in [1.29, 1.82) is 0 Å². The molecule has 0 bridgehead atoms. The molecule has 0 aromatic carbocycles. The molecule has 0 saturated carbocycles. The van der Waals surface area contributed by atoms with Crippen LogP contribution in [0.5, 0.6) is 0 Å². The lowest BCUT2D eigenvalue weighted by molar-refractivity contribution is 0.222. The minimum atomic E-state index is 0.341. The van der Waals surface area contributed by atoms with Crippen LogP contribution in [0.15, 0.2) is 53.0 Å². The molecule has 1 aliphatic rings. The molecular weight excluding hydrogens is 410 g/mol. The first-order valence-corrected chi connectivity index (χ1v) is 12.9. The number of hydrogen-bond acceptors (Lipinski definition) is 3. The summed E-state index contributed by atoms with van der Waals surface area (Å²) >= 11 is 0. The Hall–Kier alpha value is -2.53. The van der Waals surface area contributed by atoms with Crippen molar-refractivity contribution in [3.05, 3.63) is 65.1 Å². The monoisotopic (exact) mass is 451 g/mol. The van der Waals surface area contributed by atoms with E-state index >= 15 is 0 Å². The molecule has 0 amide bonds. The zero-order chi connectivity index (χ0) is 23.1. The topological polar surface area (TPSA) is 73.4 Å². The van der Waals surface area contributed by atoms with Crippen molar-refractivity contribution in [3.8, 4) is 0 Å². The molecule has 180 valence electrons. The average Bonchev–Trinajstić information content (AvgIpc) is 3.58. The number of nitrogens with zero attached hydrogens (tertiary/aromatic N) is 1. The van der Waals surface area contributed by atoms with Gasteiger partial charge in [-0.2, -0.15) is 0 Å². The Morgan fingerprint density at radius 3 is 2.33 bits per heavy atom. The number of aliphatic hydroxyl groups excluding tert-OH is 1. The largest absolute Gasteiger partial charge is 0.491 e. The Bertz CT molecular complexity index is 890. The maximum absolute atomic E-state index is 8.80. The van der Waals surface area contributed by atoms with Gasteiger partial charge in [0.05, 0.1) is 18.0 Å². The minimum absolute atomic E-state index is 0.341. The van der Waals surface area contributed by atoms with Gasteiger partial charge in [-0.15, -0.1) is 0 Å². The van der Waals surface area contributed by atoms with Crippen molar-refractivity contribution in [2.75, 3.05) is 13.2 Å². The second-order valence-corrected chi connectivity index (χ2v) is 8.92. The Morgan fingerprint density at radius 1 is 0.939 bits per heavy atom. The lowest BCUT2D eigenvalue weighted by Crippen LogP contribution is -1.95. The van der Waals surface area contributed by atoms with Gasteiger partial charge in [-0.05, 0) is 56.0 Å². The second-order valence-electron chi connectivity index (χ2n) is 8.92. The van der Waals surface area contributed by atoms with E-state index in [1.807, 2.05) is 24.4 Å². The predicted molar refractivity (Wildman–Crippen MR) is 137 cm³/mol. The van der Waals surface area contributed by atoms with E-state index in [0.29, 0.717) is 13.2 Å². The number of aromatic nitrogens is 2. The van der Waals surface area contributed by atoms with E-state index in [1.165, 1.54) is 63.5 Å².